The number of amides is 1. The van der Waals surface area contributed by atoms with Crippen LogP contribution in [0.25, 0.3) is 11.1 Å². The molecule has 1 saturated carbocycles. The van der Waals surface area contributed by atoms with Crippen molar-refractivity contribution in [2.24, 2.45) is 0 Å². The third-order valence-corrected chi connectivity index (χ3v) is 7.17. The Bertz CT molecular complexity index is 1220. The van der Waals surface area contributed by atoms with E-state index in [0.29, 0.717) is 29.9 Å². The van der Waals surface area contributed by atoms with E-state index in [2.05, 4.69) is 31.2 Å². The zero-order chi connectivity index (χ0) is 27.6. The zero-order valence-electron chi connectivity index (χ0n) is 22.7. The lowest BCUT2D eigenvalue weighted by Crippen LogP contribution is -2.37. The van der Waals surface area contributed by atoms with E-state index in [9.17, 15) is 14.7 Å². The maximum absolute atomic E-state index is 13.6. The minimum absolute atomic E-state index is 0.00748. The number of aliphatic carboxylic acids is 1. The molecular weight excluding hydrogens is 490 g/mol. The number of aliphatic hydroxyl groups is 1. The minimum Gasteiger partial charge on any atom is -0.493 e. The molecule has 0 heterocycles. The molecule has 0 aromatic heterocycles. The average Bonchev–Trinajstić information content (AvgIpc) is 3.79. The van der Waals surface area contributed by atoms with Gasteiger partial charge < -0.3 is 19.8 Å². The number of ether oxygens (including phenoxy) is 1. The third kappa shape index (κ3) is 7.93. The second-order valence-electron chi connectivity index (χ2n) is 10.3. The molecule has 6 nitrogen and oxygen atoms in total. The highest BCUT2D eigenvalue weighted by Gasteiger charge is 2.38. The molecule has 0 radical (unpaired) electrons. The van der Waals surface area contributed by atoms with Crippen LogP contribution in [0, 0.1) is 0 Å². The van der Waals surface area contributed by atoms with Crippen molar-refractivity contribution in [1.29, 1.82) is 0 Å². The number of benzene rings is 3. The van der Waals surface area contributed by atoms with E-state index in [1.807, 2.05) is 36.4 Å². The lowest BCUT2D eigenvalue weighted by Gasteiger charge is -2.29. The van der Waals surface area contributed by atoms with Crippen molar-refractivity contribution in [3.05, 3.63) is 89.5 Å². The summed E-state index contributed by atoms with van der Waals surface area (Å²) in [4.78, 5) is 25.9. The number of hydrogen-bond acceptors (Lipinski definition) is 4. The van der Waals surface area contributed by atoms with Crippen LogP contribution in [-0.2, 0) is 11.2 Å². The normalized spacial score (nSPS) is 13.6. The Balaban J connectivity index is 1.42. The van der Waals surface area contributed by atoms with Gasteiger partial charge in [-0.3, -0.25) is 9.59 Å². The number of unbranched alkanes of at least 4 members (excludes halogenated alkanes) is 3. The Kier molecular flexibility index (Phi) is 10.1. The van der Waals surface area contributed by atoms with E-state index in [1.165, 1.54) is 18.4 Å². The average molecular weight is 530 g/mol. The van der Waals surface area contributed by atoms with Crippen molar-refractivity contribution < 1.29 is 24.5 Å². The van der Waals surface area contributed by atoms with Crippen LogP contribution in [0.5, 0.6) is 5.75 Å². The van der Waals surface area contributed by atoms with Crippen molar-refractivity contribution in [1.82, 2.24) is 4.90 Å². The summed E-state index contributed by atoms with van der Waals surface area (Å²) in [5.74, 6) is -0.449. The number of rotatable bonds is 15. The smallest absolute Gasteiger partial charge is 0.303 e. The van der Waals surface area contributed by atoms with Gasteiger partial charge in [0.1, 0.15) is 5.75 Å². The maximum atomic E-state index is 13.6. The van der Waals surface area contributed by atoms with Crippen LogP contribution in [-0.4, -0.2) is 39.6 Å². The van der Waals surface area contributed by atoms with Crippen LogP contribution in [0.15, 0.2) is 72.8 Å². The number of para-hydroxylation sites is 1. The van der Waals surface area contributed by atoms with Crippen LogP contribution < -0.4 is 4.74 Å². The standard InChI is InChI=1S/C33H39NO5/c1-2-3-9-24-13-15-25(16-14-24)26-17-19-27(20-18-26)32(37)34(28-21-22-28)33(38)29-10-6-7-11-30(29)39-23-8-4-5-12-31(35)36/h6-7,10-11,13-20,28,33,38H,2-5,8-9,12,21-23H2,1H3,(H,35,36). The summed E-state index contributed by atoms with van der Waals surface area (Å²) in [6.07, 6.45) is 6.28. The van der Waals surface area contributed by atoms with Gasteiger partial charge in [-0.15, -0.1) is 0 Å². The lowest BCUT2D eigenvalue weighted by atomic mass is 10.0. The molecule has 3 aromatic carbocycles. The Labute approximate surface area is 231 Å². The predicted octanol–water partition coefficient (Wildman–Crippen LogP) is 7.02. The molecule has 4 rings (SSSR count). The minimum atomic E-state index is -1.12. The van der Waals surface area contributed by atoms with Gasteiger partial charge in [-0.05, 0) is 79.8 Å². The molecule has 206 valence electrons. The third-order valence-electron chi connectivity index (χ3n) is 7.17. The Morgan fingerprint density at radius 3 is 2.21 bits per heavy atom. The molecule has 1 aliphatic carbocycles. The SMILES string of the molecule is CCCCc1ccc(-c2ccc(C(=O)N(C3CC3)C(O)c3ccccc3OCCCCCC(=O)O)cc2)cc1. The monoisotopic (exact) mass is 529 g/mol. The van der Waals surface area contributed by atoms with Gasteiger partial charge in [0.15, 0.2) is 6.23 Å². The van der Waals surface area contributed by atoms with Gasteiger partial charge in [0.2, 0.25) is 0 Å². The molecule has 1 amide bonds. The molecule has 1 aliphatic rings. The summed E-state index contributed by atoms with van der Waals surface area (Å²) in [7, 11) is 0. The van der Waals surface area contributed by atoms with Crippen LogP contribution >= 0.6 is 0 Å². The van der Waals surface area contributed by atoms with Crippen LogP contribution in [0.2, 0.25) is 0 Å². The number of carboxylic acid groups (broad SMARTS) is 1. The number of carbonyl (C=O) groups excluding carboxylic acids is 1. The number of carboxylic acids is 1. The summed E-state index contributed by atoms with van der Waals surface area (Å²) in [6.45, 7) is 2.62. The zero-order valence-corrected chi connectivity index (χ0v) is 22.7. The first-order chi connectivity index (χ1) is 19.0. The highest BCUT2D eigenvalue weighted by molar-refractivity contribution is 5.95. The maximum Gasteiger partial charge on any atom is 0.303 e. The van der Waals surface area contributed by atoms with Crippen molar-refractivity contribution in [3.8, 4) is 16.9 Å². The predicted molar refractivity (Wildman–Crippen MR) is 153 cm³/mol. The molecule has 1 atom stereocenters. The number of carbonyl (C=O) groups is 2. The van der Waals surface area contributed by atoms with Gasteiger partial charge in [-0.2, -0.15) is 0 Å². The quantitative estimate of drug-likeness (QED) is 0.163. The van der Waals surface area contributed by atoms with E-state index in [-0.39, 0.29) is 18.4 Å². The summed E-state index contributed by atoms with van der Waals surface area (Å²) in [6, 6.07) is 23.5. The van der Waals surface area contributed by atoms with Gasteiger partial charge in [0, 0.05) is 23.6 Å². The fraction of sp³-hybridized carbons (Fsp3) is 0.394. The van der Waals surface area contributed by atoms with E-state index >= 15 is 0 Å². The molecule has 0 saturated heterocycles. The number of aryl methyl sites for hydroxylation is 1. The van der Waals surface area contributed by atoms with E-state index in [4.69, 9.17) is 9.84 Å². The van der Waals surface area contributed by atoms with Gasteiger partial charge in [-0.25, -0.2) is 0 Å². The molecular formula is C33H39NO5. The summed E-state index contributed by atoms with van der Waals surface area (Å²) >= 11 is 0. The van der Waals surface area contributed by atoms with Crippen LogP contribution in [0.3, 0.4) is 0 Å². The first-order valence-corrected chi connectivity index (χ1v) is 14.1. The number of aliphatic hydroxyl groups excluding tert-OH is 1. The van der Waals surface area contributed by atoms with E-state index in [0.717, 1.165) is 43.2 Å². The van der Waals surface area contributed by atoms with E-state index in [1.54, 1.807) is 17.0 Å². The highest BCUT2D eigenvalue weighted by atomic mass is 16.5. The van der Waals surface area contributed by atoms with Crippen molar-refractivity contribution in [2.45, 2.75) is 77.0 Å². The van der Waals surface area contributed by atoms with Crippen molar-refractivity contribution in [2.75, 3.05) is 6.61 Å². The summed E-state index contributed by atoms with van der Waals surface area (Å²) in [5.41, 5.74) is 4.60. The lowest BCUT2D eigenvalue weighted by molar-refractivity contribution is -0.137. The summed E-state index contributed by atoms with van der Waals surface area (Å²) in [5, 5.41) is 20.2. The largest absolute Gasteiger partial charge is 0.493 e. The molecule has 39 heavy (non-hydrogen) atoms. The molecule has 6 heteroatoms. The molecule has 0 spiro atoms. The molecule has 1 unspecified atom stereocenters. The van der Waals surface area contributed by atoms with Gasteiger partial charge in [0.25, 0.3) is 5.91 Å². The second kappa shape index (κ2) is 13.9. The van der Waals surface area contributed by atoms with Crippen LogP contribution in [0.1, 0.15) is 86.0 Å². The molecule has 2 N–H and O–H groups in total. The first-order valence-electron chi connectivity index (χ1n) is 14.1. The number of hydrogen-bond donors (Lipinski definition) is 2. The topological polar surface area (TPSA) is 87.1 Å². The van der Waals surface area contributed by atoms with Gasteiger partial charge in [0.05, 0.1) is 6.61 Å². The highest BCUT2D eigenvalue weighted by Crippen LogP contribution is 2.37. The van der Waals surface area contributed by atoms with Crippen LogP contribution in [0.4, 0.5) is 0 Å². The van der Waals surface area contributed by atoms with Crippen molar-refractivity contribution in [3.63, 3.8) is 0 Å². The number of nitrogens with zero attached hydrogens (tertiary/aromatic N) is 1. The molecule has 3 aromatic rings. The Morgan fingerprint density at radius 1 is 0.897 bits per heavy atom. The van der Waals surface area contributed by atoms with Gasteiger partial charge >= 0.3 is 5.97 Å². The Morgan fingerprint density at radius 2 is 1.56 bits per heavy atom. The molecule has 1 fully saturated rings. The van der Waals surface area contributed by atoms with E-state index < -0.39 is 12.2 Å². The Hall–Kier alpha value is -3.64. The first kappa shape index (κ1) is 28.4. The fourth-order valence-corrected chi connectivity index (χ4v) is 4.74. The van der Waals surface area contributed by atoms with Gasteiger partial charge in [-0.1, -0.05) is 67.9 Å². The molecule has 0 aliphatic heterocycles. The van der Waals surface area contributed by atoms with Crippen molar-refractivity contribution >= 4 is 11.9 Å². The summed E-state index contributed by atoms with van der Waals surface area (Å²) < 4.78 is 5.95. The second-order valence-corrected chi connectivity index (χ2v) is 10.3. The molecule has 0 bridgehead atoms. The fourth-order valence-electron chi connectivity index (χ4n) is 4.74.